The maximum absolute atomic E-state index is 12.6. The molecule has 1 aliphatic carbocycles. The van der Waals surface area contributed by atoms with Crippen LogP contribution in [0.4, 0.5) is 0 Å². The van der Waals surface area contributed by atoms with Crippen LogP contribution in [0.3, 0.4) is 0 Å². The summed E-state index contributed by atoms with van der Waals surface area (Å²) in [5.41, 5.74) is 1.21. The number of benzene rings is 2. The van der Waals surface area contributed by atoms with E-state index in [4.69, 9.17) is 4.74 Å². The van der Waals surface area contributed by atoms with Gasteiger partial charge in [0.15, 0.2) is 5.78 Å². The topological polar surface area (TPSA) is 43.4 Å². The highest BCUT2D eigenvalue weighted by molar-refractivity contribution is 8.00. The molecule has 1 fully saturated rings. The molecular weight excluding hydrogens is 320 g/mol. The summed E-state index contributed by atoms with van der Waals surface area (Å²) in [5, 5.41) is 2.41. The molecule has 0 spiro atoms. The van der Waals surface area contributed by atoms with Crippen molar-refractivity contribution < 1.29 is 14.3 Å². The lowest BCUT2D eigenvalue weighted by Crippen LogP contribution is -2.49. The lowest BCUT2D eigenvalue weighted by atomic mass is 9.85. The molecule has 0 amide bonds. The number of carbonyl (C=O) groups is 2. The van der Waals surface area contributed by atoms with Crippen LogP contribution < -0.4 is 0 Å². The Hall–Kier alpha value is -1.81. The third kappa shape index (κ3) is 3.34. The summed E-state index contributed by atoms with van der Waals surface area (Å²) in [5.74, 6) is 0.596. The Morgan fingerprint density at radius 1 is 1.25 bits per heavy atom. The summed E-state index contributed by atoms with van der Waals surface area (Å²) in [6.45, 7) is 3.34. The first-order valence-corrected chi connectivity index (χ1v) is 9.30. The summed E-state index contributed by atoms with van der Waals surface area (Å²) in [6, 6.07) is 14.5. The van der Waals surface area contributed by atoms with Gasteiger partial charge in [-0.2, -0.15) is 0 Å². The second-order valence-electron chi connectivity index (χ2n) is 6.45. The predicted molar refractivity (Wildman–Crippen MR) is 98.1 cm³/mol. The third-order valence-corrected chi connectivity index (χ3v) is 6.30. The van der Waals surface area contributed by atoms with Crippen molar-refractivity contribution in [2.24, 2.45) is 0 Å². The second-order valence-corrected chi connectivity index (χ2v) is 7.87. The molecule has 2 unspecified atom stereocenters. The summed E-state index contributed by atoms with van der Waals surface area (Å²) in [7, 11) is 0. The molecule has 3 rings (SSSR count). The zero-order valence-corrected chi connectivity index (χ0v) is 14.9. The van der Waals surface area contributed by atoms with Crippen LogP contribution in [0.2, 0.25) is 0 Å². The molecule has 2 atom stereocenters. The van der Waals surface area contributed by atoms with E-state index in [0.29, 0.717) is 6.42 Å². The Morgan fingerprint density at radius 2 is 2.00 bits per heavy atom. The molecule has 4 heteroatoms. The number of hydrogen-bond acceptors (Lipinski definition) is 4. The van der Waals surface area contributed by atoms with Gasteiger partial charge in [-0.3, -0.25) is 9.59 Å². The number of ether oxygens (including phenoxy) is 1. The number of carbonyl (C=O) groups excluding carboxylic acids is 2. The molecular formula is C20H22O3S. The van der Waals surface area contributed by atoms with Gasteiger partial charge in [-0.25, -0.2) is 0 Å². The highest BCUT2D eigenvalue weighted by atomic mass is 32.2. The van der Waals surface area contributed by atoms with E-state index in [1.165, 1.54) is 23.3 Å². The standard InChI is InChI=1S/C20H22O3S/c1-14(21)23-19-12-6-11-18(22)20(19,2)24-13-16-9-5-8-15-7-3-4-10-17(15)16/h3-5,7-10,19H,6,11-13H2,1-2H3. The van der Waals surface area contributed by atoms with Crippen LogP contribution in [0.25, 0.3) is 10.8 Å². The van der Waals surface area contributed by atoms with Crippen LogP contribution in [-0.4, -0.2) is 22.6 Å². The van der Waals surface area contributed by atoms with E-state index in [2.05, 4.69) is 24.3 Å². The summed E-state index contributed by atoms with van der Waals surface area (Å²) in [6.07, 6.45) is 1.78. The minimum atomic E-state index is -0.666. The molecule has 0 bridgehead atoms. The van der Waals surface area contributed by atoms with E-state index in [0.717, 1.165) is 18.6 Å². The van der Waals surface area contributed by atoms with E-state index in [9.17, 15) is 9.59 Å². The Bertz CT molecular complexity index is 765. The Kier molecular flexibility index (Phi) is 4.95. The average Bonchev–Trinajstić information content (AvgIpc) is 2.57. The molecule has 0 radical (unpaired) electrons. The van der Waals surface area contributed by atoms with Gasteiger partial charge < -0.3 is 4.74 Å². The van der Waals surface area contributed by atoms with E-state index >= 15 is 0 Å². The fraction of sp³-hybridized carbons (Fsp3) is 0.400. The van der Waals surface area contributed by atoms with Gasteiger partial charge in [-0.05, 0) is 36.1 Å². The predicted octanol–water partition coefficient (Wildman–Crippen LogP) is 4.52. The first-order chi connectivity index (χ1) is 11.5. The maximum atomic E-state index is 12.6. The van der Waals surface area contributed by atoms with Crippen molar-refractivity contribution in [3.05, 3.63) is 48.0 Å². The van der Waals surface area contributed by atoms with Crippen LogP contribution >= 0.6 is 11.8 Å². The SMILES string of the molecule is CC(=O)OC1CCCC(=O)C1(C)SCc1cccc2ccccc12. The molecule has 2 aromatic carbocycles. The molecule has 3 nitrogen and oxygen atoms in total. The van der Waals surface area contributed by atoms with Crippen LogP contribution in [0.5, 0.6) is 0 Å². The molecule has 1 saturated carbocycles. The normalized spacial score (nSPS) is 24.1. The summed E-state index contributed by atoms with van der Waals surface area (Å²) < 4.78 is 4.81. The lowest BCUT2D eigenvalue weighted by molar-refractivity contribution is -0.151. The quantitative estimate of drug-likeness (QED) is 0.767. The number of Topliss-reactive ketones (excluding diaryl/α,β-unsaturated/α-hetero) is 1. The van der Waals surface area contributed by atoms with Crippen molar-refractivity contribution in [3.63, 3.8) is 0 Å². The fourth-order valence-electron chi connectivity index (χ4n) is 3.34. The Morgan fingerprint density at radius 3 is 2.79 bits per heavy atom. The number of hydrogen-bond donors (Lipinski definition) is 0. The van der Waals surface area contributed by atoms with E-state index < -0.39 is 4.75 Å². The van der Waals surface area contributed by atoms with Gasteiger partial charge in [-0.1, -0.05) is 42.5 Å². The summed E-state index contributed by atoms with van der Waals surface area (Å²) >= 11 is 1.60. The highest BCUT2D eigenvalue weighted by Gasteiger charge is 2.45. The molecule has 0 heterocycles. The maximum Gasteiger partial charge on any atom is 0.302 e. The van der Waals surface area contributed by atoms with Crippen LogP contribution in [-0.2, 0) is 20.1 Å². The average molecular weight is 342 g/mol. The molecule has 24 heavy (non-hydrogen) atoms. The van der Waals surface area contributed by atoms with Gasteiger partial charge in [0.05, 0.1) is 0 Å². The van der Waals surface area contributed by atoms with Crippen molar-refractivity contribution in [1.82, 2.24) is 0 Å². The van der Waals surface area contributed by atoms with Gasteiger partial charge in [0, 0.05) is 19.1 Å². The van der Waals surface area contributed by atoms with E-state index in [-0.39, 0.29) is 17.9 Å². The number of fused-ring (bicyclic) bond motifs is 1. The van der Waals surface area contributed by atoms with E-state index in [1.807, 2.05) is 25.1 Å². The Balaban J connectivity index is 1.84. The molecule has 126 valence electrons. The largest absolute Gasteiger partial charge is 0.461 e. The van der Waals surface area contributed by atoms with Crippen LogP contribution in [0, 0.1) is 0 Å². The second kappa shape index (κ2) is 6.98. The Labute approximate surface area is 146 Å². The zero-order valence-electron chi connectivity index (χ0n) is 14.1. The van der Waals surface area contributed by atoms with Crippen LogP contribution in [0.15, 0.2) is 42.5 Å². The molecule has 0 aliphatic heterocycles. The van der Waals surface area contributed by atoms with Crippen molar-refractivity contribution in [2.45, 2.75) is 49.7 Å². The van der Waals surface area contributed by atoms with Gasteiger partial charge in [0.25, 0.3) is 0 Å². The smallest absolute Gasteiger partial charge is 0.302 e. The van der Waals surface area contributed by atoms with Crippen molar-refractivity contribution in [1.29, 1.82) is 0 Å². The summed E-state index contributed by atoms with van der Waals surface area (Å²) in [4.78, 5) is 24.0. The van der Waals surface area contributed by atoms with Crippen molar-refractivity contribution >= 4 is 34.3 Å². The van der Waals surface area contributed by atoms with Gasteiger partial charge in [0.1, 0.15) is 10.9 Å². The monoisotopic (exact) mass is 342 g/mol. The zero-order chi connectivity index (χ0) is 17.2. The van der Waals surface area contributed by atoms with Gasteiger partial charge in [0.2, 0.25) is 0 Å². The molecule has 0 saturated heterocycles. The van der Waals surface area contributed by atoms with Crippen molar-refractivity contribution in [3.8, 4) is 0 Å². The molecule has 0 aromatic heterocycles. The highest BCUT2D eigenvalue weighted by Crippen LogP contribution is 2.41. The number of thioether (sulfide) groups is 1. The van der Waals surface area contributed by atoms with Gasteiger partial charge in [-0.15, -0.1) is 11.8 Å². The number of ketones is 1. The minimum Gasteiger partial charge on any atom is -0.461 e. The van der Waals surface area contributed by atoms with E-state index in [1.54, 1.807) is 11.8 Å². The van der Waals surface area contributed by atoms with Crippen molar-refractivity contribution in [2.75, 3.05) is 0 Å². The fourth-order valence-corrected chi connectivity index (χ4v) is 4.66. The number of esters is 1. The molecule has 1 aliphatic rings. The molecule has 0 N–H and O–H groups in total. The van der Waals surface area contributed by atoms with Crippen LogP contribution in [0.1, 0.15) is 38.7 Å². The number of rotatable bonds is 4. The third-order valence-electron chi connectivity index (χ3n) is 4.75. The molecule has 2 aromatic rings. The van der Waals surface area contributed by atoms with Gasteiger partial charge >= 0.3 is 5.97 Å². The first kappa shape index (κ1) is 17.0. The minimum absolute atomic E-state index is 0.185. The lowest BCUT2D eigenvalue weighted by Gasteiger charge is -2.38. The first-order valence-electron chi connectivity index (χ1n) is 8.32.